The van der Waals surface area contributed by atoms with Gasteiger partial charge in [0, 0.05) is 32.5 Å². The van der Waals surface area contributed by atoms with Gasteiger partial charge in [-0.1, -0.05) is 115 Å². The molecule has 0 unspecified atom stereocenters. The molecule has 208 valence electrons. The first-order valence-electron chi connectivity index (χ1n) is 14.4. The first-order chi connectivity index (χ1) is 21.7. The molecule has 0 radical (unpaired) electrons. The van der Waals surface area contributed by atoms with Crippen LogP contribution >= 0.6 is 11.6 Å². The van der Waals surface area contributed by atoms with Crippen molar-refractivity contribution in [1.29, 1.82) is 0 Å². The first-order valence-corrected chi connectivity index (χ1v) is 14.8. The second-order valence-electron chi connectivity index (χ2n) is 10.7. The number of furan rings is 1. The molecule has 4 nitrogen and oxygen atoms in total. The average Bonchev–Trinajstić information content (AvgIpc) is 3.46. The Morgan fingerprint density at radius 2 is 0.886 bits per heavy atom. The van der Waals surface area contributed by atoms with Crippen molar-refractivity contribution in [3.63, 3.8) is 0 Å². The van der Waals surface area contributed by atoms with Crippen LogP contribution in [0.2, 0.25) is 5.02 Å². The molecule has 0 saturated heterocycles. The molecule has 8 rings (SSSR count). The fraction of sp³-hybridized carbons (Fsp3) is 0. The van der Waals surface area contributed by atoms with Crippen molar-refractivity contribution in [1.82, 2.24) is 15.0 Å². The molecule has 0 atom stereocenters. The number of hydrogen-bond acceptors (Lipinski definition) is 4. The van der Waals surface area contributed by atoms with Crippen LogP contribution in [0.4, 0.5) is 0 Å². The first kappa shape index (κ1) is 26.1. The molecule has 2 aromatic heterocycles. The van der Waals surface area contributed by atoms with E-state index in [2.05, 4.69) is 66.7 Å². The highest BCUT2D eigenvalue weighted by molar-refractivity contribution is 6.30. The smallest absolute Gasteiger partial charge is 0.164 e. The monoisotopic (exact) mass is 585 g/mol. The summed E-state index contributed by atoms with van der Waals surface area (Å²) in [7, 11) is 0. The Kier molecular flexibility index (Phi) is 6.47. The minimum atomic E-state index is 0.551. The minimum absolute atomic E-state index is 0.551. The van der Waals surface area contributed by atoms with Gasteiger partial charge in [-0.2, -0.15) is 0 Å². The van der Waals surface area contributed by atoms with Crippen LogP contribution in [0.15, 0.2) is 150 Å². The van der Waals surface area contributed by atoms with Crippen molar-refractivity contribution < 1.29 is 4.42 Å². The highest BCUT2D eigenvalue weighted by Crippen LogP contribution is 2.35. The van der Waals surface area contributed by atoms with Gasteiger partial charge < -0.3 is 4.42 Å². The molecule has 5 heteroatoms. The molecule has 8 aromatic rings. The molecular weight excluding hydrogens is 562 g/mol. The van der Waals surface area contributed by atoms with E-state index in [-0.39, 0.29) is 0 Å². The number of halogens is 1. The van der Waals surface area contributed by atoms with E-state index < -0.39 is 0 Å². The maximum absolute atomic E-state index is 6.37. The van der Waals surface area contributed by atoms with Crippen LogP contribution in [0.3, 0.4) is 0 Å². The SMILES string of the molecule is Clc1cccc(-c2nc(-c3cccc(-c4ccccc4)c3)nc(-c3ccc4c(c3)oc3ccc(-c5ccccc5)cc34)n2)c1. The summed E-state index contributed by atoms with van der Waals surface area (Å²) in [6.45, 7) is 0. The van der Waals surface area contributed by atoms with Gasteiger partial charge in [0.05, 0.1) is 0 Å². The molecule has 0 amide bonds. The van der Waals surface area contributed by atoms with Crippen LogP contribution in [-0.4, -0.2) is 15.0 Å². The third kappa shape index (κ3) is 4.91. The van der Waals surface area contributed by atoms with Crippen molar-refractivity contribution >= 4 is 33.5 Å². The van der Waals surface area contributed by atoms with E-state index in [9.17, 15) is 0 Å². The van der Waals surface area contributed by atoms with Crippen molar-refractivity contribution in [2.45, 2.75) is 0 Å². The third-order valence-electron chi connectivity index (χ3n) is 7.78. The van der Waals surface area contributed by atoms with Crippen LogP contribution in [0.25, 0.3) is 78.4 Å². The predicted molar refractivity (Wildman–Crippen MR) is 179 cm³/mol. The van der Waals surface area contributed by atoms with E-state index in [4.69, 9.17) is 31.0 Å². The summed E-state index contributed by atoms with van der Waals surface area (Å²) in [6.07, 6.45) is 0. The van der Waals surface area contributed by atoms with Crippen LogP contribution in [0, 0.1) is 0 Å². The zero-order valence-electron chi connectivity index (χ0n) is 23.5. The molecule has 6 aromatic carbocycles. The van der Waals surface area contributed by atoms with E-state index in [0.717, 1.165) is 55.3 Å². The number of nitrogens with zero attached hydrogens (tertiary/aromatic N) is 3. The van der Waals surface area contributed by atoms with Gasteiger partial charge in [-0.15, -0.1) is 0 Å². The number of rotatable bonds is 5. The molecule has 0 aliphatic rings. The molecule has 2 heterocycles. The lowest BCUT2D eigenvalue weighted by Crippen LogP contribution is -2.00. The van der Waals surface area contributed by atoms with Gasteiger partial charge in [0.15, 0.2) is 17.5 Å². The number of fused-ring (bicyclic) bond motifs is 3. The molecule has 0 spiro atoms. The number of benzene rings is 6. The lowest BCUT2D eigenvalue weighted by molar-refractivity contribution is 0.669. The molecule has 0 fully saturated rings. The Hall–Kier alpha value is -5.58. The number of aromatic nitrogens is 3. The van der Waals surface area contributed by atoms with Gasteiger partial charge in [0.2, 0.25) is 0 Å². The zero-order valence-corrected chi connectivity index (χ0v) is 24.2. The standard InChI is InChI=1S/C39H24ClN3O/c40-32-16-8-15-30(22-32)38-41-37(29-14-7-13-27(21-29)25-9-3-1-4-10-25)42-39(43-38)31-17-19-33-34-23-28(26-11-5-2-6-12-26)18-20-35(34)44-36(33)24-31/h1-24H. The highest BCUT2D eigenvalue weighted by Gasteiger charge is 2.16. The Morgan fingerprint density at radius 1 is 0.364 bits per heavy atom. The van der Waals surface area contributed by atoms with Gasteiger partial charge in [0.25, 0.3) is 0 Å². The molecule has 0 bridgehead atoms. The molecule has 0 aliphatic heterocycles. The van der Waals surface area contributed by atoms with Crippen LogP contribution < -0.4 is 0 Å². The van der Waals surface area contributed by atoms with Gasteiger partial charge in [-0.05, 0) is 64.7 Å². The Bertz CT molecular complexity index is 2300. The summed E-state index contributed by atoms with van der Waals surface area (Å²) < 4.78 is 6.33. The number of hydrogen-bond donors (Lipinski definition) is 0. The average molecular weight is 586 g/mol. The van der Waals surface area contributed by atoms with E-state index in [1.54, 1.807) is 0 Å². The van der Waals surface area contributed by atoms with E-state index >= 15 is 0 Å². The van der Waals surface area contributed by atoms with Gasteiger partial charge in [-0.25, -0.2) is 15.0 Å². The van der Waals surface area contributed by atoms with Crippen molar-refractivity contribution in [2.75, 3.05) is 0 Å². The summed E-state index contributed by atoms with van der Waals surface area (Å²) in [5, 5.41) is 2.73. The third-order valence-corrected chi connectivity index (χ3v) is 8.02. The lowest BCUT2D eigenvalue weighted by Gasteiger charge is -2.10. The Morgan fingerprint density at radius 3 is 1.55 bits per heavy atom. The van der Waals surface area contributed by atoms with E-state index in [1.807, 2.05) is 78.9 Å². The maximum Gasteiger partial charge on any atom is 0.164 e. The van der Waals surface area contributed by atoms with E-state index in [0.29, 0.717) is 22.5 Å². The fourth-order valence-corrected chi connectivity index (χ4v) is 5.78. The van der Waals surface area contributed by atoms with Crippen molar-refractivity contribution in [2.24, 2.45) is 0 Å². The molecule has 0 saturated carbocycles. The zero-order chi connectivity index (χ0) is 29.5. The minimum Gasteiger partial charge on any atom is -0.456 e. The summed E-state index contributed by atoms with van der Waals surface area (Å²) >= 11 is 6.37. The normalized spacial score (nSPS) is 11.3. The maximum atomic E-state index is 6.37. The van der Waals surface area contributed by atoms with Gasteiger partial charge in [0.1, 0.15) is 11.2 Å². The summed E-state index contributed by atoms with van der Waals surface area (Å²) in [4.78, 5) is 14.8. The van der Waals surface area contributed by atoms with Crippen LogP contribution in [-0.2, 0) is 0 Å². The van der Waals surface area contributed by atoms with Crippen LogP contribution in [0.5, 0.6) is 0 Å². The largest absolute Gasteiger partial charge is 0.456 e. The molecule has 0 N–H and O–H groups in total. The lowest BCUT2D eigenvalue weighted by atomic mass is 10.0. The Labute approximate surface area is 259 Å². The van der Waals surface area contributed by atoms with Gasteiger partial charge in [-0.3, -0.25) is 0 Å². The quantitative estimate of drug-likeness (QED) is 0.201. The predicted octanol–water partition coefficient (Wildman–Crippen LogP) is 10.8. The molecule has 44 heavy (non-hydrogen) atoms. The van der Waals surface area contributed by atoms with Crippen molar-refractivity contribution in [3.05, 3.63) is 151 Å². The summed E-state index contributed by atoms with van der Waals surface area (Å²) in [5.74, 6) is 1.69. The second-order valence-corrected chi connectivity index (χ2v) is 11.1. The van der Waals surface area contributed by atoms with Gasteiger partial charge >= 0.3 is 0 Å². The highest BCUT2D eigenvalue weighted by atomic mass is 35.5. The molecular formula is C39H24ClN3O. The topological polar surface area (TPSA) is 51.8 Å². The van der Waals surface area contributed by atoms with Crippen molar-refractivity contribution in [3.8, 4) is 56.4 Å². The summed E-state index contributed by atoms with van der Waals surface area (Å²) in [5.41, 5.74) is 8.71. The second kappa shape index (κ2) is 10.9. The van der Waals surface area contributed by atoms with E-state index in [1.165, 1.54) is 5.56 Å². The molecule has 0 aliphatic carbocycles. The fourth-order valence-electron chi connectivity index (χ4n) is 5.59. The summed E-state index contributed by atoms with van der Waals surface area (Å²) in [6, 6.07) is 49.0. The Balaban J connectivity index is 1.26. The van der Waals surface area contributed by atoms with Crippen LogP contribution in [0.1, 0.15) is 0 Å².